The van der Waals surface area contributed by atoms with E-state index < -0.39 is 23.1 Å². The molecule has 0 saturated heterocycles. The van der Waals surface area contributed by atoms with E-state index >= 15 is 0 Å². The zero-order chi connectivity index (χ0) is 20.5. The maximum absolute atomic E-state index is 14.1. The van der Waals surface area contributed by atoms with Gasteiger partial charge in [0.05, 0.1) is 13.3 Å². The minimum Gasteiger partial charge on any atom is -0.497 e. The van der Waals surface area contributed by atoms with Crippen LogP contribution in [0.2, 0.25) is 0 Å². The monoisotopic (exact) mass is 394 g/mol. The Bertz CT molecular complexity index is 1200. The molecule has 0 radical (unpaired) electrons. The van der Waals surface area contributed by atoms with Crippen LogP contribution in [-0.4, -0.2) is 18.0 Å². The van der Waals surface area contributed by atoms with Gasteiger partial charge >= 0.3 is 5.91 Å². The third kappa shape index (κ3) is 3.42. The molecule has 5 nitrogen and oxygen atoms in total. The summed E-state index contributed by atoms with van der Waals surface area (Å²) < 4.78 is 35.1. The molecule has 29 heavy (non-hydrogen) atoms. The van der Waals surface area contributed by atoms with Gasteiger partial charge in [0.1, 0.15) is 22.9 Å². The number of benzene rings is 2. The number of aromatic amines is 1. The summed E-state index contributed by atoms with van der Waals surface area (Å²) in [5, 5.41) is 2.66. The van der Waals surface area contributed by atoms with Gasteiger partial charge in [0.25, 0.3) is 5.82 Å². The number of aromatic nitrogens is 2. The standard InChI is InChI=1S/C22H17F2N3O2/c1-13-10-11-27-18(12-13)25-20(14-6-8-15(29-2)9-7-14)21(27)26-22(28)19-16(23)4-3-5-17(19)24/h3-12H,1-2H3,(H,26,28)/p+1. The zero-order valence-electron chi connectivity index (χ0n) is 15.8. The Morgan fingerprint density at radius 1 is 1.07 bits per heavy atom. The lowest BCUT2D eigenvalue weighted by Crippen LogP contribution is -2.27. The number of methoxy groups -OCH3 is 1. The lowest BCUT2D eigenvalue weighted by Gasteiger charge is -2.05. The van der Waals surface area contributed by atoms with Crippen LogP contribution in [0.4, 0.5) is 14.6 Å². The molecule has 2 aromatic carbocycles. The van der Waals surface area contributed by atoms with E-state index in [0.717, 1.165) is 28.9 Å². The number of nitrogens with one attached hydrogen (secondary N) is 2. The number of nitrogens with zero attached hydrogens (tertiary/aromatic N) is 1. The van der Waals surface area contributed by atoms with Crippen molar-refractivity contribution in [2.24, 2.45) is 0 Å². The van der Waals surface area contributed by atoms with Crippen molar-refractivity contribution in [1.29, 1.82) is 0 Å². The number of pyridine rings is 1. The number of aryl methyl sites for hydroxylation is 1. The summed E-state index contributed by atoms with van der Waals surface area (Å²) in [6.45, 7) is 1.95. The molecule has 0 spiro atoms. The average molecular weight is 394 g/mol. The molecule has 0 unspecified atom stereocenters. The van der Waals surface area contributed by atoms with Gasteiger partial charge in [-0.3, -0.25) is 9.78 Å². The van der Waals surface area contributed by atoms with E-state index in [1.165, 1.54) is 6.07 Å². The lowest BCUT2D eigenvalue weighted by molar-refractivity contribution is -0.493. The fourth-order valence-electron chi connectivity index (χ4n) is 3.18. The number of imidazole rings is 1. The van der Waals surface area contributed by atoms with Crippen LogP contribution in [0.1, 0.15) is 15.9 Å². The SMILES string of the molecule is COc1ccc(-c2[nH]c3cc(C)cc[n+]3c2NC(=O)c2c(F)cccc2F)cc1. The van der Waals surface area contributed by atoms with E-state index in [4.69, 9.17) is 4.74 Å². The highest BCUT2D eigenvalue weighted by Gasteiger charge is 2.26. The fraction of sp³-hybridized carbons (Fsp3) is 0.0909. The van der Waals surface area contributed by atoms with E-state index in [9.17, 15) is 13.6 Å². The third-order valence-corrected chi connectivity index (χ3v) is 4.64. The lowest BCUT2D eigenvalue weighted by atomic mass is 10.1. The highest BCUT2D eigenvalue weighted by molar-refractivity contribution is 6.05. The topological polar surface area (TPSA) is 58.2 Å². The molecule has 0 fully saturated rings. The summed E-state index contributed by atoms with van der Waals surface area (Å²) in [5.41, 5.74) is 2.49. The van der Waals surface area contributed by atoms with Gasteiger partial charge in [-0.15, -0.1) is 0 Å². The van der Waals surface area contributed by atoms with Crippen molar-refractivity contribution in [2.45, 2.75) is 6.92 Å². The molecule has 4 aromatic rings. The first kappa shape index (κ1) is 18.6. The number of anilines is 1. The van der Waals surface area contributed by atoms with E-state index in [2.05, 4.69) is 10.3 Å². The van der Waals surface area contributed by atoms with E-state index in [1.807, 2.05) is 31.2 Å². The van der Waals surface area contributed by atoms with Gasteiger partial charge in [0.2, 0.25) is 5.65 Å². The summed E-state index contributed by atoms with van der Waals surface area (Å²) in [5.74, 6) is -1.65. The first-order valence-electron chi connectivity index (χ1n) is 8.91. The van der Waals surface area contributed by atoms with Gasteiger partial charge in [0, 0.05) is 11.6 Å². The number of amides is 1. The maximum atomic E-state index is 14.1. The van der Waals surface area contributed by atoms with Gasteiger partial charge in [-0.2, -0.15) is 0 Å². The predicted octanol–water partition coefficient (Wildman–Crippen LogP) is 4.27. The van der Waals surface area contributed by atoms with Crippen molar-refractivity contribution < 1.29 is 22.7 Å². The second-order valence-electron chi connectivity index (χ2n) is 6.59. The highest BCUT2D eigenvalue weighted by Crippen LogP contribution is 2.28. The minimum absolute atomic E-state index is 0.373. The molecular weight excluding hydrogens is 376 g/mol. The Hall–Kier alpha value is -3.74. The van der Waals surface area contributed by atoms with Crippen molar-refractivity contribution in [3.05, 3.63) is 83.6 Å². The first-order valence-corrected chi connectivity index (χ1v) is 8.91. The maximum Gasteiger partial charge on any atom is 0.317 e. The first-order chi connectivity index (χ1) is 14.0. The van der Waals surface area contributed by atoms with Crippen molar-refractivity contribution in [3.8, 4) is 17.0 Å². The quantitative estimate of drug-likeness (QED) is 0.508. The van der Waals surface area contributed by atoms with Crippen molar-refractivity contribution in [2.75, 3.05) is 12.4 Å². The smallest absolute Gasteiger partial charge is 0.317 e. The molecule has 7 heteroatoms. The molecule has 0 bridgehead atoms. The normalized spacial score (nSPS) is 10.9. The number of fused-ring (bicyclic) bond motifs is 1. The van der Waals surface area contributed by atoms with Crippen LogP contribution in [0.3, 0.4) is 0 Å². The van der Waals surface area contributed by atoms with Crippen molar-refractivity contribution in [1.82, 2.24) is 4.98 Å². The number of carbonyl (C=O) groups is 1. The molecule has 0 atom stereocenters. The zero-order valence-corrected chi connectivity index (χ0v) is 15.8. The van der Waals surface area contributed by atoms with E-state index in [1.54, 1.807) is 29.8 Å². The fourth-order valence-corrected chi connectivity index (χ4v) is 3.18. The van der Waals surface area contributed by atoms with Gasteiger partial charge in [0.15, 0.2) is 5.69 Å². The molecule has 0 saturated carbocycles. The van der Waals surface area contributed by atoms with Crippen LogP contribution >= 0.6 is 0 Å². The van der Waals surface area contributed by atoms with Crippen molar-refractivity contribution in [3.63, 3.8) is 0 Å². The average Bonchev–Trinajstić information content (AvgIpc) is 3.05. The Balaban J connectivity index is 1.84. The van der Waals surface area contributed by atoms with Crippen molar-refractivity contribution >= 4 is 17.4 Å². The van der Waals surface area contributed by atoms with E-state index in [0.29, 0.717) is 17.3 Å². The number of rotatable bonds is 4. The van der Waals surface area contributed by atoms with Gasteiger partial charge in [-0.25, -0.2) is 18.5 Å². The number of carbonyl (C=O) groups excluding carboxylic acids is 1. The number of halogens is 2. The summed E-state index contributed by atoms with van der Waals surface area (Å²) in [7, 11) is 1.57. The van der Waals surface area contributed by atoms with Crippen LogP contribution in [-0.2, 0) is 0 Å². The molecule has 4 rings (SSSR count). The predicted molar refractivity (Wildman–Crippen MR) is 105 cm³/mol. The Morgan fingerprint density at radius 2 is 1.76 bits per heavy atom. The number of ether oxygens (including phenoxy) is 1. The van der Waals surface area contributed by atoms with Crippen LogP contribution in [0.25, 0.3) is 16.9 Å². The molecule has 2 heterocycles. The minimum atomic E-state index is -0.922. The molecule has 146 valence electrons. The molecule has 0 aliphatic rings. The second kappa shape index (κ2) is 7.35. The highest BCUT2D eigenvalue weighted by atomic mass is 19.1. The number of hydrogen-bond donors (Lipinski definition) is 2. The summed E-state index contributed by atoms with van der Waals surface area (Å²) >= 11 is 0. The summed E-state index contributed by atoms with van der Waals surface area (Å²) in [4.78, 5) is 16.0. The van der Waals surface area contributed by atoms with Crippen LogP contribution < -0.4 is 14.5 Å². The van der Waals surface area contributed by atoms with Crippen LogP contribution in [0.15, 0.2) is 60.8 Å². The molecule has 2 N–H and O–H groups in total. The molecule has 1 amide bonds. The van der Waals surface area contributed by atoms with Gasteiger partial charge in [-0.05, 0) is 55.0 Å². The van der Waals surface area contributed by atoms with E-state index in [-0.39, 0.29) is 0 Å². The van der Waals surface area contributed by atoms with Crippen LogP contribution in [0, 0.1) is 18.6 Å². The molecule has 2 aromatic heterocycles. The van der Waals surface area contributed by atoms with Gasteiger partial charge in [-0.1, -0.05) is 6.07 Å². The molecular formula is C22H18F2N3O2+. The summed E-state index contributed by atoms with van der Waals surface area (Å²) in [6.07, 6.45) is 1.78. The van der Waals surface area contributed by atoms with Gasteiger partial charge < -0.3 is 4.74 Å². The third-order valence-electron chi connectivity index (χ3n) is 4.64. The number of hydrogen-bond acceptors (Lipinski definition) is 2. The van der Waals surface area contributed by atoms with Crippen LogP contribution in [0.5, 0.6) is 5.75 Å². The molecule has 0 aliphatic carbocycles. The Labute approximate surface area is 165 Å². The summed E-state index contributed by atoms with van der Waals surface area (Å²) in [6, 6.07) is 14.3. The Morgan fingerprint density at radius 3 is 2.41 bits per heavy atom. The largest absolute Gasteiger partial charge is 0.497 e. The Kier molecular flexibility index (Phi) is 4.72. The number of H-pyrrole nitrogens is 1. The molecule has 0 aliphatic heterocycles. The second-order valence-corrected chi connectivity index (χ2v) is 6.59.